The fourth-order valence-corrected chi connectivity index (χ4v) is 2.95. The first kappa shape index (κ1) is 14.5. The largest absolute Gasteiger partial charge is 0.497 e. The molecule has 112 valence electrons. The van der Waals surface area contributed by atoms with Crippen molar-refractivity contribution in [2.75, 3.05) is 14.2 Å². The molecule has 0 saturated heterocycles. The SMILES string of the molecule is COc1cccc(-c2nc(-c3ccc(OC)c(F)c3)cs2)c1. The Kier molecular flexibility index (Phi) is 4.06. The molecular formula is C17H14FNO2S. The van der Waals surface area contributed by atoms with Crippen LogP contribution in [0.5, 0.6) is 11.5 Å². The van der Waals surface area contributed by atoms with E-state index in [2.05, 4.69) is 4.98 Å². The van der Waals surface area contributed by atoms with Crippen LogP contribution in [0.4, 0.5) is 4.39 Å². The van der Waals surface area contributed by atoms with Gasteiger partial charge in [0.2, 0.25) is 0 Å². The number of halogens is 1. The summed E-state index contributed by atoms with van der Waals surface area (Å²) in [6.45, 7) is 0. The Labute approximate surface area is 132 Å². The molecule has 0 amide bonds. The van der Waals surface area contributed by atoms with Gasteiger partial charge >= 0.3 is 0 Å². The zero-order valence-electron chi connectivity index (χ0n) is 12.2. The van der Waals surface area contributed by atoms with Crippen LogP contribution in [0.3, 0.4) is 0 Å². The topological polar surface area (TPSA) is 31.4 Å². The van der Waals surface area contributed by atoms with Gasteiger partial charge in [-0.1, -0.05) is 12.1 Å². The third-order valence-electron chi connectivity index (χ3n) is 3.27. The van der Waals surface area contributed by atoms with Crippen molar-refractivity contribution >= 4 is 11.3 Å². The minimum absolute atomic E-state index is 0.229. The number of aromatic nitrogens is 1. The van der Waals surface area contributed by atoms with E-state index >= 15 is 0 Å². The molecule has 0 aliphatic heterocycles. The molecule has 22 heavy (non-hydrogen) atoms. The van der Waals surface area contributed by atoms with Crippen molar-refractivity contribution in [2.45, 2.75) is 0 Å². The van der Waals surface area contributed by atoms with Crippen molar-refractivity contribution < 1.29 is 13.9 Å². The molecule has 0 aliphatic rings. The molecule has 0 spiro atoms. The Morgan fingerprint density at radius 2 is 1.86 bits per heavy atom. The number of methoxy groups -OCH3 is 2. The monoisotopic (exact) mass is 315 g/mol. The standard InChI is InChI=1S/C17H14FNO2S/c1-20-13-5-3-4-12(8-13)17-19-15(10-22-17)11-6-7-16(21-2)14(18)9-11/h3-10H,1-2H3. The highest BCUT2D eigenvalue weighted by molar-refractivity contribution is 7.13. The van der Waals surface area contributed by atoms with E-state index in [1.54, 1.807) is 19.2 Å². The van der Waals surface area contributed by atoms with Gasteiger partial charge < -0.3 is 9.47 Å². The smallest absolute Gasteiger partial charge is 0.165 e. The lowest BCUT2D eigenvalue weighted by molar-refractivity contribution is 0.386. The van der Waals surface area contributed by atoms with E-state index < -0.39 is 5.82 Å². The van der Waals surface area contributed by atoms with Crippen molar-refractivity contribution in [3.63, 3.8) is 0 Å². The van der Waals surface area contributed by atoms with Gasteiger partial charge in [-0.3, -0.25) is 0 Å². The average molecular weight is 315 g/mol. The van der Waals surface area contributed by atoms with E-state index in [0.717, 1.165) is 27.6 Å². The Morgan fingerprint density at radius 1 is 1.00 bits per heavy atom. The maximum absolute atomic E-state index is 13.8. The van der Waals surface area contributed by atoms with Crippen molar-refractivity contribution in [3.05, 3.63) is 53.7 Å². The maximum atomic E-state index is 13.8. The molecular weight excluding hydrogens is 301 g/mol. The summed E-state index contributed by atoms with van der Waals surface area (Å²) in [6, 6.07) is 12.5. The van der Waals surface area contributed by atoms with Crippen LogP contribution in [-0.4, -0.2) is 19.2 Å². The van der Waals surface area contributed by atoms with E-state index in [0.29, 0.717) is 0 Å². The molecule has 0 fully saturated rings. The second kappa shape index (κ2) is 6.15. The summed E-state index contributed by atoms with van der Waals surface area (Å²) < 4.78 is 24.0. The normalized spacial score (nSPS) is 10.5. The molecule has 0 bridgehead atoms. The highest BCUT2D eigenvalue weighted by Gasteiger charge is 2.10. The van der Waals surface area contributed by atoms with Gasteiger partial charge in [0, 0.05) is 16.5 Å². The number of hydrogen-bond acceptors (Lipinski definition) is 4. The van der Waals surface area contributed by atoms with Gasteiger partial charge in [0.25, 0.3) is 0 Å². The zero-order chi connectivity index (χ0) is 15.5. The fraction of sp³-hybridized carbons (Fsp3) is 0.118. The van der Waals surface area contributed by atoms with Crippen LogP contribution in [-0.2, 0) is 0 Å². The van der Waals surface area contributed by atoms with Crippen LogP contribution >= 0.6 is 11.3 Å². The van der Waals surface area contributed by atoms with Gasteiger partial charge in [0.05, 0.1) is 19.9 Å². The Morgan fingerprint density at radius 3 is 2.59 bits per heavy atom. The molecule has 0 aliphatic carbocycles. The van der Waals surface area contributed by atoms with E-state index in [-0.39, 0.29) is 5.75 Å². The number of thiazole rings is 1. The molecule has 5 heteroatoms. The van der Waals surface area contributed by atoms with E-state index in [9.17, 15) is 4.39 Å². The Balaban J connectivity index is 1.94. The molecule has 1 aromatic heterocycles. The lowest BCUT2D eigenvalue weighted by atomic mass is 10.1. The molecule has 0 saturated carbocycles. The summed E-state index contributed by atoms with van der Waals surface area (Å²) in [5, 5.41) is 2.78. The highest BCUT2D eigenvalue weighted by Crippen LogP contribution is 2.32. The first-order chi connectivity index (χ1) is 10.7. The van der Waals surface area contributed by atoms with Crippen LogP contribution in [0, 0.1) is 5.82 Å². The molecule has 3 rings (SSSR count). The van der Waals surface area contributed by atoms with E-state index in [1.165, 1.54) is 24.5 Å². The van der Waals surface area contributed by atoms with Gasteiger partial charge in [-0.2, -0.15) is 0 Å². The van der Waals surface area contributed by atoms with Gasteiger partial charge in [0.1, 0.15) is 10.8 Å². The average Bonchev–Trinajstić information content (AvgIpc) is 3.05. The van der Waals surface area contributed by atoms with Gasteiger partial charge in [-0.25, -0.2) is 9.37 Å². The Bertz CT molecular complexity index is 801. The van der Waals surface area contributed by atoms with Crippen LogP contribution in [0.15, 0.2) is 47.8 Å². The minimum atomic E-state index is -0.393. The summed E-state index contributed by atoms with van der Waals surface area (Å²) in [5.74, 6) is 0.618. The van der Waals surface area contributed by atoms with Crippen molar-refractivity contribution in [1.29, 1.82) is 0 Å². The first-order valence-electron chi connectivity index (χ1n) is 6.65. The lowest BCUT2D eigenvalue weighted by Crippen LogP contribution is -1.88. The summed E-state index contributed by atoms with van der Waals surface area (Å²) in [5.41, 5.74) is 2.44. The molecule has 0 unspecified atom stereocenters. The number of ether oxygens (including phenoxy) is 2. The van der Waals surface area contributed by atoms with Gasteiger partial charge in [0.15, 0.2) is 11.6 Å². The predicted octanol–water partition coefficient (Wildman–Crippen LogP) is 4.63. The molecule has 1 heterocycles. The summed E-state index contributed by atoms with van der Waals surface area (Å²) >= 11 is 1.51. The van der Waals surface area contributed by atoms with E-state index in [4.69, 9.17) is 9.47 Å². The third-order valence-corrected chi connectivity index (χ3v) is 4.16. The summed E-state index contributed by atoms with van der Waals surface area (Å²) in [6.07, 6.45) is 0. The first-order valence-corrected chi connectivity index (χ1v) is 7.53. The molecule has 0 N–H and O–H groups in total. The second-order valence-corrected chi connectivity index (χ2v) is 5.48. The van der Waals surface area contributed by atoms with Gasteiger partial charge in [-0.15, -0.1) is 11.3 Å². The molecule has 2 aromatic carbocycles. The maximum Gasteiger partial charge on any atom is 0.165 e. The number of benzene rings is 2. The lowest BCUT2D eigenvalue weighted by Gasteiger charge is -2.03. The second-order valence-electron chi connectivity index (χ2n) is 4.62. The quantitative estimate of drug-likeness (QED) is 0.703. The van der Waals surface area contributed by atoms with Crippen LogP contribution < -0.4 is 9.47 Å². The van der Waals surface area contributed by atoms with Crippen molar-refractivity contribution in [1.82, 2.24) is 4.98 Å². The Hall–Kier alpha value is -2.40. The molecule has 3 aromatic rings. The van der Waals surface area contributed by atoms with Crippen molar-refractivity contribution in [2.24, 2.45) is 0 Å². The highest BCUT2D eigenvalue weighted by atomic mass is 32.1. The molecule has 3 nitrogen and oxygen atoms in total. The minimum Gasteiger partial charge on any atom is -0.497 e. The number of hydrogen-bond donors (Lipinski definition) is 0. The van der Waals surface area contributed by atoms with Crippen LogP contribution in [0.1, 0.15) is 0 Å². The van der Waals surface area contributed by atoms with Crippen molar-refractivity contribution in [3.8, 4) is 33.3 Å². The summed E-state index contributed by atoms with van der Waals surface area (Å²) in [4.78, 5) is 4.58. The van der Waals surface area contributed by atoms with Crippen LogP contribution in [0.2, 0.25) is 0 Å². The fourth-order valence-electron chi connectivity index (χ4n) is 2.12. The molecule has 0 radical (unpaired) electrons. The summed E-state index contributed by atoms with van der Waals surface area (Å²) in [7, 11) is 3.08. The predicted molar refractivity (Wildman–Crippen MR) is 86.0 cm³/mol. The van der Waals surface area contributed by atoms with Gasteiger partial charge in [-0.05, 0) is 30.3 Å². The van der Waals surface area contributed by atoms with E-state index in [1.807, 2.05) is 29.6 Å². The van der Waals surface area contributed by atoms with Crippen LogP contribution in [0.25, 0.3) is 21.8 Å². The molecule has 0 atom stereocenters. The zero-order valence-corrected chi connectivity index (χ0v) is 13.0. The number of nitrogens with zero attached hydrogens (tertiary/aromatic N) is 1. The third kappa shape index (κ3) is 2.80. The number of rotatable bonds is 4.